The Hall–Kier alpha value is -1.88. The number of aryl methyl sites for hydroxylation is 1. The van der Waals surface area contributed by atoms with Gasteiger partial charge in [-0.1, -0.05) is 25.1 Å². The van der Waals surface area contributed by atoms with Gasteiger partial charge in [0.1, 0.15) is 0 Å². The molecule has 0 unspecified atom stereocenters. The number of benzene rings is 1. The molecule has 1 aromatic carbocycles. The van der Waals surface area contributed by atoms with Crippen LogP contribution in [0.2, 0.25) is 0 Å². The van der Waals surface area contributed by atoms with Gasteiger partial charge < -0.3 is 10.6 Å². The fraction of sp³-hybridized carbons (Fsp3) is 0.579. The predicted octanol–water partition coefficient (Wildman–Crippen LogP) is 2.56. The van der Waals surface area contributed by atoms with Gasteiger partial charge in [0, 0.05) is 11.7 Å². The molecule has 2 N–H and O–H groups in total. The van der Waals surface area contributed by atoms with Crippen molar-refractivity contribution in [3.8, 4) is 0 Å². The van der Waals surface area contributed by atoms with Crippen LogP contribution in [0.1, 0.15) is 38.7 Å². The second kappa shape index (κ2) is 8.83. The molecule has 0 heterocycles. The Morgan fingerprint density at radius 2 is 1.88 bits per heavy atom. The molecule has 2 amide bonds. The summed E-state index contributed by atoms with van der Waals surface area (Å²) in [5.41, 5.74) is 1.86. The summed E-state index contributed by atoms with van der Waals surface area (Å²) in [6.07, 6.45) is 3.32. The zero-order valence-corrected chi connectivity index (χ0v) is 15.0. The molecule has 24 heavy (non-hydrogen) atoms. The van der Waals surface area contributed by atoms with Crippen molar-refractivity contribution in [2.75, 3.05) is 25.0 Å². The number of hydrogen-bond acceptors (Lipinski definition) is 3. The molecule has 0 aromatic heterocycles. The fourth-order valence-electron chi connectivity index (χ4n) is 2.85. The van der Waals surface area contributed by atoms with E-state index in [1.807, 2.05) is 36.1 Å². The van der Waals surface area contributed by atoms with Crippen LogP contribution in [0.3, 0.4) is 0 Å². The molecule has 0 aliphatic heterocycles. The first-order valence-electron chi connectivity index (χ1n) is 8.86. The van der Waals surface area contributed by atoms with Crippen LogP contribution in [0.4, 0.5) is 5.69 Å². The lowest BCUT2D eigenvalue weighted by molar-refractivity contribution is -0.124. The summed E-state index contributed by atoms with van der Waals surface area (Å²) in [6, 6.07) is 7.94. The van der Waals surface area contributed by atoms with Crippen molar-refractivity contribution in [3.63, 3.8) is 0 Å². The third-order valence-electron chi connectivity index (χ3n) is 4.41. The highest BCUT2D eigenvalue weighted by molar-refractivity contribution is 5.93. The highest BCUT2D eigenvalue weighted by Gasteiger charge is 2.29. The largest absolute Gasteiger partial charge is 0.352 e. The second-order valence-corrected chi connectivity index (χ2v) is 6.77. The van der Waals surface area contributed by atoms with Gasteiger partial charge in [-0.3, -0.25) is 14.5 Å². The van der Waals surface area contributed by atoms with Crippen molar-refractivity contribution < 1.29 is 9.59 Å². The van der Waals surface area contributed by atoms with E-state index in [0.29, 0.717) is 5.92 Å². The van der Waals surface area contributed by atoms with Crippen molar-refractivity contribution in [3.05, 3.63) is 29.8 Å². The molecule has 5 heteroatoms. The van der Waals surface area contributed by atoms with E-state index in [1.54, 1.807) is 0 Å². The number of carbonyl (C=O) groups is 2. The monoisotopic (exact) mass is 331 g/mol. The van der Waals surface area contributed by atoms with Gasteiger partial charge in [-0.2, -0.15) is 0 Å². The first-order chi connectivity index (χ1) is 11.5. The Morgan fingerprint density at radius 1 is 1.21 bits per heavy atom. The van der Waals surface area contributed by atoms with Crippen molar-refractivity contribution in [2.24, 2.45) is 5.92 Å². The number of nitrogens with one attached hydrogen (secondary N) is 2. The average molecular weight is 331 g/mol. The Kier molecular flexibility index (Phi) is 6.79. The average Bonchev–Trinajstić information content (AvgIpc) is 3.34. The lowest BCUT2D eigenvalue weighted by atomic mass is 10.2. The predicted molar refractivity (Wildman–Crippen MR) is 96.9 cm³/mol. The van der Waals surface area contributed by atoms with Crippen LogP contribution in [-0.4, -0.2) is 42.4 Å². The molecule has 2 rings (SSSR count). The number of hydrogen-bond donors (Lipinski definition) is 2. The molecule has 1 atom stereocenters. The van der Waals surface area contributed by atoms with E-state index in [-0.39, 0.29) is 30.9 Å². The normalized spacial score (nSPS) is 15.2. The Labute approximate surface area is 144 Å². The fourth-order valence-corrected chi connectivity index (χ4v) is 2.85. The van der Waals surface area contributed by atoms with E-state index in [4.69, 9.17) is 0 Å². The number of para-hydroxylation sites is 1. The molecular weight excluding hydrogens is 302 g/mol. The van der Waals surface area contributed by atoms with E-state index in [9.17, 15) is 9.59 Å². The van der Waals surface area contributed by atoms with E-state index in [0.717, 1.165) is 24.2 Å². The van der Waals surface area contributed by atoms with Crippen molar-refractivity contribution in [1.82, 2.24) is 10.2 Å². The molecule has 1 aliphatic carbocycles. The van der Waals surface area contributed by atoms with Crippen LogP contribution < -0.4 is 10.6 Å². The van der Waals surface area contributed by atoms with E-state index in [2.05, 4.69) is 24.5 Å². The van der Waals surface area contributed by atoms with Crippen LogP contribution in [0.5, 0.6) is 0 Å². The van der Waals surface area contributed by atoms with Gasteiger partial charge in [0.25, 0.3) is 0 Å². The summed E-state index contributed by atoms with van der Waals surface area (Å²) >= 11 is 0. The Morgan fingerprint density at radius 3 is 2.50 bits per heavy atom. The number of nitrogens with zero attached hydrogens (tertiary/aromatic N) is 1. The molecular formula is C19H29N3O2. The quantitative estimate of drug-likeness (QED) is 0.731. The summed E-state index contributed by atoms with van der Waals surface area (Å²) in [6.45, 7) is 7.31. The summed E-state index contributed by atoms with van der Waals surface area (Å²) in [4.78, 5) is 26.4. The van der Waals surface area contributed by atoms with Gasteiger partial charge in [-0.15, -0.1) is 0 Å². The third-order valence-corrected chi connectivity index (χ3v) is 4.41. The van der Waals surface area contributed by atoms with Gasteiger partial charge in [0.2, 0.25) is 11.8 Å². The minimum atomic E-state index is -0.0826. The second-order valence-electron chi connectivity index (χ2n) is 6.77. The summed E-state index contributed by atoms with van der Waals surface area (Å²) in [5, 5.41) is 5.98. The topological polar surface area (TPSA) is 61.4 Å². The first-order valence-corrected chi connectivity index (χ1v) is 8.86. The van der Waals surface area contributed by atoms with E-state index in [1.165, 1.54) is 12.8 Å². The number of anilines is 1. The minimum Gasteiger partial charge on any atom is -0.352 e. The molecule has 0 saturated heterocycles. The highest BCUT2D eigenvalue weighted by atomic mass is 16.2. The molecule has 1 saturated carbocycles. The number of rotatable bonds is 9. The van der Waals surface area contributed by atoms with Crippen LogP contribution in [-0.2, 0) is 9.59 Å². The molecule has 1 aliphatic rings. The first kappa shape index (κ1) is 18.5. The molecule has 0 radical (unpaired) electrons. The Bertz CT molecular complexity index is 569. The standard InChI is InChI=1S/C19H29N3O2/c1-4-11-22(12-18(23)20-15(3)16-9-10-16)13-19(24)21-17-8-6-5-7-14(17)2/h5-8,15-16H,4,9-13H2,1-3H3,(H,20,23)(H,21,24)/t15-/m1/s1. The molecule has 5 nitrogen and oxygen atoms in total. The summed E-state index contributed by atoms with van der Waals surface area (Å²) < 4.78 is 0. The number of carbonyl (C=O) groups excluding carboxylic acids is 2. The SMILES string of the molecule is CCCN(CC(=O)Nc1ccccc1C)CC(=O)N[C@H](C)C1CC1. The van der Waals surface area contributed by atoms with Crippen LogP contribution in [0, 0.1) is 12.8 Å². The van der Waals surface area contributed by atoms with Gasteiger partial charge in [-0.25, -0.2) is 0 Å². The van der Waals surface area contributed by atoms with Gasteiger partial charge in [0.15, 0.2) is 0 Å². The summed E-state index contributed by atoms with van der Waals surface area (Å²) in [7, 11) is 0. The maximum atomic E-state index is 12.3. The van der Waals surface area contributed by atoms with Crippen LogP contribution >= 0.6 is 0 Å². The molecule has 0 spiro atoms. The maximum Gasteiger partial charge on any atom is 0.238 e. The maximum absolute atomic E-state index is 12.3. The lowest BCUT2D eigenvalue weighted by Crippen LogP contribution is -2.44. The lowest BCUT2D eigenvalue weighted by Gasteiger charge is -2.22. The smallest absolute Gasteiger partial charge is 0.238 e. The van der Waals surface area contributed by atoms with E-state index < -0.39 is 0 Å². The zero-order valence-electron chi connectivity index (χ0n) is 15.0. The zero-order chi connectivity index (χ0) is 17.5. The molecule has 132 valence electrons. The van der Waals surface area contributed by atoms with Crippen LogP contribution in [0.15, 0.2) is 24.3 Å². The third kappa shape index (κ3) is 5.96. The summed E-state index contributed by atoms with van der Waals surface area (Å²) in [5.74, 6) is 0.560. The van der Waals surface area contributed by atoms with Gasteiger partial charge in [-0.05, 0) is 57.2 Å². The molecule has 1 fully saturated rings. The van der Waals surface area contributed by atoms with Crippen molar-refractivity contribution in [1.29, 1.82) is 0 Å². The minimum absolute atomic E-state index is 0.00606. The van der Waals surface area contributed by atoms with E-state index >= 15 is 0 Å². The number of amides is 2. The van der Waals surface area contributed by atoms with Crippen molar-refractivity contribution in [2.45, 2.75) is 46.1 Å². The van der Waals surface area contributed by atoms with Crippen LogP contribution in [0.25, 0.3) is 0 Å². The van der Waals surface area contributed by atoms with Crippen molar-refractivity contribution >= 4 is 17.5 Å². The Balaban J connectivity index is 1.83. The highest BCUT2D eigenvalue weighted by Crippen LogP contribution is 2.32. The van der Waals surface area contributed by atoms with Gasteiger partial charge in [0.05, 0.1) is 13.1 Å². The van der Waals surface area contributed by atoms with Gasteiger partial charge >= 0.3 is 0 Å². The molecule has 1 aromatic rings. The molecule has 0 bridgehead atoms.